The van der Waals surface area contributed by atoms with Gasteiger partial charge in [0.2, 0.25) is 0 Å². The maximum atomic E-state index is 13.5. The molecule has 0 radical (unpaired) electrons. The molecule has 5 rings (SSSR count). The number of phenolic OH excluding ortho intramolecular Hbond substituents is 1. The molecule has 31 heavy (non-hydrogen) atoms. The van der Waals surface area contributed by atoms with Crippen molar-refractivity contribution in [3.8, 4) is 17.1 Å². The van der Waals surface area contributed by atoms with Crippen molar-refractivity contribution in [2.24, 2.45) is 0 Å². The van der Waals surface area contributed by atoms with Crippen LogP contribution in [0.15, 0.2) is 29.0 Å². The number of carbonyl (C=O) groups is 1. The SMILES string of the molecule is [2H]c1c2c(c(=O)n3c1-c1nc4ccc(O)c(CN(C)C)c4cc1C3)C([2H])([2H])OC(=O)[C@]2(O)CC. The summed E-state index contributed by atoms with van der Waals surface area (Å²) in [5.41, 5.74) is -1.75. The molecular formula is C23H23N3O5. The van der Waals surface area contributed by atoms with Crippen molar-refractivity contribution < 1.29 is 23.9 Å². The summed E-state index contributed by atoms with van der Waals surface area (Å²) >= 11 is 0. The van der Waals surface area contributed by atoms with E-state index in [2.05, 4.69) is 4.98 Å². The fourth-order valence-corrected chi connectivity index (χ4v) is 4.25. The maximum absolute atomic E-state index is 13.5. The van der Waals surface area contributed by atoms with Crippen LogP contribution >= 0.6 is 0 Å². The quantitative estimate of drug-likeness (QED) is 0.484. The Hall–Kier alpha value is -3.23. The van der Waals surface area contributed by atoms with Crippen LogP contribution in [-0.4, -0.2) is 44.7 Å². The van der Waals surface area contributed by atoms with Gasteiger partial charge in [-0.25, -0.2) is 9.78 Å². The standard InChI is InChI=1S/C23H23N3O5/c1-4-23(30)16-8-18-20-12(9-26(18)21(28)15(16)11-31-22(23)29)7-13-14(10-25(2)3)19(27)6-5-17(13)24-20/h5-8,27,30H,4,9-11H2,1-3H3/t23-/m0/s1/i8D,11D2. The zero-order chi connectivity index (χ0) is 24.7. The van der Waals surface area contributed by atoms with Gasteiger partial charge in [0, 0.05) is 28.6 Å². The summed E-state index contributed by atoms with van der Waals surface area (Å²) < 4.78 is 31.2. The fraction of sp³-hybridized carbons (Fsp3) is 0.348. The number of aromatic nitrogens is 2. The van der Waals surface area contributed by atoms with Gasteiger partial charge in [-0.2, -0.15) is 0 Å². The lowest BCUT2D eigenvalue weighted by molar-refractivity contribution is -0.172. The van der Waals surface area contributed by atoms with Crippen LogP contribution in [0, 0.1) is 0 Å². The molecule has 0 saturated heterocycles. The minimum absolute atomic E-state index is 0.0250. The number of benzene rings is 1. The van der Waals surface area contributed by atoms with E-state index in [-0.39, 0.29) is 36.0 Å². The van der Waals surface area contributed by atoms with Crippen LogP contribution in [0.4, 0.5) is 0 Å². The Morgan fingerprint density at radius 3 is 2.87 bits per heavy atom. The van der Waals surface area contributed by atoms with Crippen LogP contribution < -0.4 is 5.56 Å². The molecule has 0 aliphatic carbocycles. The number of hydrogen-bond donors (Lipinski definition) is 2. The summed E-state index contributed by atoms with van der Waals surface area (Å²) in [4.78, 5) is 32.6. The third-order valence-corrected chi connectivity index (χ3v) is 5.92. The van der Waals surface area contributed by atoms with E-state index in [1.54, 1.807) is 6.07 Å². The van der Waals surface area contributed by atoms with Gasteiger partial charge < -0.3 is 24.4 Å². The number of nitrogens with zero attached hydrogens (tertiary/aromatic N) is 3. The van der Waals surface area contributed by atoms with Crippen molar-refractivity contribution in [3.63, 3.8) is 0 Å². The number of pyridine rings is 2. The van der Waals surface area contributed by atoms with Crippen LogP contribution in [-0.2, 0) is 34.8 Å². The number of phenols is 1. The highest BCUT2D eigenvalue weighted by atomic mass is 16.6. The van der Waals surface area contributed by atoms with Gasteiger partial charge in [-0.05, 0) is 44.8 Å². The largest absolute Gasteiger partial charge is 0.508 e. The zero-order valence-electron chi connectivity index (χ0n) is 20.3. The van der Waals surface area contributed by atoms with Crippen molar-refractivity contribution in [1.82, 2.24) is 14.5 Å². The molecule has 3 aromatic rings. The smallest absolute Gasteiger partial charge is 0.343 e. The monoisotopic (exact) mass is 424 g/mol. The molecule has 0 fully saturated rings. The molecule has 0 bridgehead atoms. The first-order chi connectivity index (χ1) is 15.9. The van der Waals surface area contributed by atoms with E-state index < -0.39 is 29.3 Å². The molecule has 1 aromatic carbocycles. The molecule has 0 amide bonds. The van der Waals surface area contributed by atoms with E-state index in [4.69, 9.17) is 8.85 Å². The molecule has 0 unspecified atom stereocenters. The van der Waals surface area contributed by atoms with Crippen molar-refractivity contribution in [1.29, 1.82) is 0 Å². The number of rotatable bonds is 3. The molecule has 0 spiro atoms. The van der Waals surface area contributed by atoms with Gasteiger partial charge in [0.1, 0.15) is 12.3 Å². The Morgan fingerprint density at radius 1 is 1.39 bits per heavy atom. The number of aromatic hydroxyl groups is 1. The van der Waals surface area contributed by atoms with Crippen LogP contribution in [0.3, 0.4) is 0 Å². The highest BCUT2D eigenvalue weighted by molar-refractivity contribution is 5.89. The Balaban J connectivity index is 1.84. The lowest BCUT2D eigenvalue weighted by Crippen LogP contribution is -2.44. The predicted octanol–water partition coefficient (Wildman–Crippen LogP) is 1.85. The van der Waals surface area contributed by atoms with Crippen LogP contribution in [0.25, 0.3) is 22.3 Å². The highest BCUT2D eigenvalue weighted by Crippen LogP contribution is 2.39. The summed E-state index contributed by atoms with van der Waals surface area (Å²) in [6.07, 6.45) is -0.200. The first-order valence-electron chi connectivity index (χ1n) is 11.4. The predicted molar refractivity (Wildman–Crippen MR) is 114 cm³/mol. The van der Waals surface area contributed by atoms with Crippen LogP contribution in [0.5, 0.6) is 5.75 Å². The molecule has 4 heterocycles. The average Bonchev–Trinajstić information content (AvgIpc) is 3.14. The second kappa shape index (κ2) is 6.63. The maximum Gasteiger partial charge on any atom is 0.343 e. The van der Waals surface area contributed by atoms with Gasteiger partial charge in [0.25, 0.3) is 5.56 Å². The third-order valence-electron chi connectivity index (χ3n) is 5.92. The van der Waals surface area contributed by atoms with E-state index in [0.717, 1.165) is 0 Å². The number of ether oxygens (including phenoxy) is 1. The van der Waals surface area contributed by atoms with Crippen LogP contribution in [0.2, 0.25) is 0 Å². The van der Waals surface area contributed by atoms with Crippen molar-refractivity contribution >= 4 is 16.9 Å². The average molecular weight is 424 g/mol. The number of hydrogen-bond acceptors (Lipinski definition) is 7. The van der Waals surface area contributed by atoms with Gasteiger partial charge in [-0.1, -0.05) is 6.92 Å². The number of carbonyl (C=O) groups excluding carboxylic acids is 1. The van der Waals surface area contributed by atoms with Gasteiger partial charge >= 0.3 is 5.97 Å². The first-order valence-corrected chi connectivity index (χ1v) is 9.94. The molecule has 8 nitrogen and oxygen atoms in total. The molecule has 2 aliphatic rings. The van der Waals surface area contributed by atoms with E-state index in [0.29, 0.717) is 34.3 Å². The second-order valence-corrected chi connectivity index (χ2v) is 8.18. The Morgan fingerprint density at radius 2 is 2.16 bits per heavy atom. The summed E-state index contributed by atoms with van der Waals surface area (Å²) in [6.45, 7) is -0.816. The molecular weight excluding hydrogens is 398 g/mol. The van der Waals surface area contributed by atoms with E-state index in [9.17, 15) is 19.8 Å². The minimum atomic E-state index is -2.79. The Labute approximate surface area is 182 Å². The summed E-state index contributed by atoms with van der Waals surface area (Å²) in [7, 11) is 3.75. The summed E-state index contributed by atoms with van der Waals surface area (Å²) in [5.74, 6) is -1.12. The van der Waals surface area contributed by atoms with Gasteiger partial charge in [-0.3, -0.25) is 4.79 Å². The Kier molecular flexibility index (Phi) is 3.52. The van der Waals surface area contributed by atoms with Gasteiger partial charge in [0.15, 0.2) is 5.60 Å². The fourth-order valence-electron chi connectivity index (χ4n) is 4.25. The van der Waals surface area contributed by atoms with Gasteiger partial charge in [-0.15, -0.1) is 0 Å². The molecule has 0 saturated carbocycles. The number of cyclic esters (lactones) is 1. The molecule has 160 valence electrons. The van der Waals surface area contributed by atoms with Crippen molar-refractivity contribution in [2.75, 3.05) is 14.1 Å². The third kappa shape index (κ3) is 2.72. The lowest BCUT2D eigenvalue weighted by Gasteiger charge is -2.31. The molecule has 2 N–H and O–H groups in total. The number of fused-ring (bicyclic) bond motifs is 5. The normalized spacial score (nSPS) is 22.4. The lowest BCUT2D eigenvalue weighted by atomic mass is 9.86. The molecule has 8 heteroatoms. The first kappa shape index (κ1) is 16.5. The summed E-state index contributed by atoms with van der Waals surface area (Å²) in [5, 5.41) is 22.2. The van der Waals surface area contributed by atoms with Gasteiger partial charge in [0.05, 0.1) is 33.1 Å². The molecule has 2 aliphatic heterocycles. The zero-order valence-corrected chi connectivity index (χ0v) is 17.3. The van der Waals surface area contributed by atoms with Crippen molar-refractivity contribution in [3.05, 3.63) is 56.8 Å². The van der Waals surface area contributed by atoms with E-state index in [1.807, 2.05) is 25.1 Å². The topological polar surface area (TPSA) is 105 Å². The number of esters is 1. The van der Waals surface area contributed by atoms with Crippen LogP contribution in [0.1, 0.15) is 39.7 Å². The highest BCUT2D eigenvalue weighted by Gasteiger charge is 2.45. The Bertz CT molecular complexity index is 1470. The molecule has 1 atom stereocenters. The minimum Gasteiger partial charge on any atom is -0.508 e. The van der Waals surface area contributed by atoms with Crippen molar-refractivity contribution in [2.45, 2.75) is 38.6 Å². The number of aliphatic hydroxyl groups is 1. The summed E-state index contributed by atoms with van der Waals surface area (Å²) in [6, 6.07) is 4.66. The second-order valence-electron chi connectivity index (χ2n) is 8.18. The van der Waals surface area contributed by atoms with E-state index >= 15 is 0 Å². The molecule has 2 aromatic heterocycles. The van der Waals surface area contributed by atoms with E-state index in [1.165, 1.54) is 17.6 Å².